The molecule has 0 bridgehead atoms. The number of carbonyl (C=O) groups is 1. The number of carboxylic acids is 1. The van der Waals surface area contributed by atoms with Crippen molar-refractivity contribution < 1.29 is 9.90 Å². The number of hydrogen-bond donors (Lipinski definition) is 1. The topological polar surface area (TPSA) is 37.3 Å². The van der Waals surface area contributed by atoms with Gasteiger partial charge in [0.25, 0.3) is 0 Å². The Bertz CT molecular complexity index is 637. The third-order valence-corrected chi connectivity index (χ3v) is 3.35. The molecule has 0 amide bonds. The molecular formula is C18H18O2. The first-order valence-electron chi connectivity index (χ1n) is 6.62. The Balaban J connectivity index is 2.17. The van der Waals surface area contributed by atoms with E-state index in [1.165, 1.54) is 22.3 Å². The molecular weight excluding hydrogens is 248 g/mol. The maximum atomic E-state index is 10.4. The van der Waals surface area contributed by atoms with Crippen LogP contribution in [0.5, 0.6) is 0 Å². The van der Waals surface area contributed by atoms with Crippen LogP contribution in [0.3, 0.4) is 0 Å². The lowest BCUT2D eigenvalue weighted by Gasteiger charge is -2.06. The number of carboxylic acid groups (broad SMARTS) is 1. The quantitative estimate of drug-likeness (QED) is 0.887. The summed E-state index contributed by atoms with van der Waals surface area (Å²) in [6.07, 6.45) is 3.55. The van der Waals surface area contributed by atoms with E-state index < -0.39 is 5.97 Å². The van der Waals surface area contributed by atoms with E-state index in [9.17, 15) is 4.79 Å². The van der Waals surface area contributed by atoms with Crippen LogP contribution in [-0.2, 0) is 4.79 Å². The molecule has 0 unspecified atom stereocenters. The average molecular weight is 266 g/mol. The van der Waals surface area contributed by atoms with E-state index in [-0.39, 0.29) is 6.42 Å². The highest BCUT2D eigenvalue weighted by molar-refractivity contribution is 5.71. The van der Waals surface area contributed by atoms with E-state index in [1.807, 2.05) is 18.2 Å². The Morgan fingerprint density at radius 3 is 2.25 bits per heavy atom. The summed E-state index contributed by atoms with van der Waals surface area (Å²) < 4.78 is 0. The van der Waals surface area contributed by atoms with Gasteiger partial charge in [0.2, 0.25) is 0 Å². The molecule has 2 aromatic rings. The highest BCUT2D eigenvalue weighted by atomic mass is 16.4. The summed E-state index contributed by atoms with van der Waals surface area (Å²) in [7, 11) is 0. The van der Waals surface area contributed by atoms with Gasteiger partial charge in [-0.2, -0.15) is 0 Å². The van der Waals surface area contributed by atoms with Crippen molar-refractivity contribution >= 4 is 12.0 Å². The number of aliphatic carboxylic acids is 1. The molecule has 2 heteroatoms. The zero-order valence-corrected chi connectivity index (χ0v) is 11.8. The van der Waals surface area contributed by atoms with Gasteiger partial charge in [-0.25, -0.2) is 0 Å². The molecule has 0 fully saturated rings. The van der Waals surface area contributed by atoms with E-state index in [2.05, 4.69) is 44.2 Å². The molecule has 2 nitrogen and oxygen atoms in total. The normalized spacial score (nSPS) is 10.9. The molecule has 0 saturated carbocycles. The van der Waals surface area contributed by atoms with Crippen LogP contribution in [0.2, 0.25) is 0 Å². The smallest absolute Gasteiger partial charge is 0.307 e. The fourth-order valence-corrected chi connectivity index (χ4v) is 2.00. The third kappa shape index (κ3) is 3.58. The van der Waals surface area contributed by atoms with Gasteiger partial charge in [0.15, 0.2) is 0 Å². The van der Waals surface area contributed by atoms with Crippen molar-refractivity contribution in [1.29, 1.82) is 0 Å². The van der Waals surface area contributed by atoms with Crippen molar-refractivity contribution in [2.45, 2.75) is 20.3 Å². The van der Waals surface area contributed by atoms with Gasteiger partial charge in [-0.05, 0) is 41.7 Å². The van der Waals surface area contributed by atoms with Crippen LogP contribution in [0.25, 0.3) is 17.2 Å². The van der Waals surface area contributed by atoms with Crippen LogP contribution in [0.1, 0.15) is 23.1 Å². The fraction of sp³-hybridized carbons (Fsp3) is 0.167. The minimum Gasteiger partial charge on any atom is -0.481 e. The standard InChI is InChI=1S/C18H18O2/c1-13-6-9-17(12-14(13)2)16-10-7-15(8-11-16)4-3-5-18(19)20/h3-4,6-12H,5H2,1-2H3,(H,19,20)/b4-3+. The molecule has 0 saturated heterocycles. The van der Waals surface area contributed by atoms with Crippen molar-refractivity contribution in [3.8, 4) is 11.1 Å². The van der Waals surface area contributed by atoms with Crippen molar-refractivity contribution in [2.75, 3.05) is 0 Å². The summed E-state index contributed by atoms with van der Waals surface area (Å²) in [5.74, 6) is -0.812. The van der Waals surface area contributed by atoms with E-state index in [0.717, 1.165) is 5.56 Å². The lowest BCUT2D eigenvalue weighted by atomic mass is 9.99. The molecule has 0 aliphatic rings. The molecule has 2 rings (SSSR count). The van der Waals surface area contributed by atoms with E-state index in [1.54, 1.807) is 6.08 Å². The first-order valence-corrected chi connectivity index (χ1v) is 6.62. The minimum absolute atomic E-state index is 0.0545. The van der Waals surface area contributed by atoms with Crippen LogP contribution in [0.4, 0.5) is 0 Å². The predicted molar refractivity (Wildman–Crippen MR) is 82.6 cm³/mol. The van der Waals surface area contributed by atoms with Crippen LogP contribution in [-0.4, -0.2) is 11.1 Å². The minimum atomic E-state index is -0.812. The maximum absolute atomic E-state index is 10.4. The second kappa shape index (κ2) is 6.20. The van der Waals surface area contributed by atoms with E-state index >= 15 is 0 Å². The molecule has 0 radical (unpaired) electrons. The third-order valence-electron chi connectivity index (χ3n) is 3.35. The highest BCUT2D eigenvalue weighted by Crippen LogP contribution is 2.22. The summed E-state index contributed by atoms with van der Waals surface area (Å²) in [6, 6.07) is 14.6. The lowest BCUT2D eigenvalue weighted by Crippen LogP contribution is -1.89. The van der Waals surface area contributed by atoms with Crippen molar-refractivity contribution in [1.82, 2.24) is 0 Å². The maximum Gasteiger partial charge on any atom is 0.307 e. The van der Waals surface area contributed by atoms with E-state index in [4.69, 9.17) is 5.11 Å². The van der Waals surface area contributed by atoms with Crippen LogP contribution in [0, 0.1) is 13.8 Å². The second-order valence-corrected chi connectivity index (χ2v) is 4.92. The van der Waals surface area contributed by atoms with Gasteiger partial charge in [-0.3, -0.25) is 4.79 Å². The molecule has 20 heavy (non-hydrogen) atoms. The molecule has 0 spiro atoms. The molecule has 2 aromatic carbocycles. The fourth-order valence-electron chi connectivity index (χ4n) is 2.00. The van der Waals surface area contributed by atoms with Gasteiger partial charge < -0.3 is 5.11 Å². The molecule has 0 heterocycles. The Hall–Kier alpha value is -2.35. The number of rotatable bonds is 4. The Morgan fingerprint density at radius 2 is 1.65 bits per heavy atom. The number of hydrogen-bond acceptors (Lipinski definition) is 1. The Kier molecular flexibility index (Phi) is 4.36. The van der Waals surface area contributed by atoms with Gasteiger partial charge in [0, 0.05) is 0 Å². The Morgan fingerprint density at radius 1 is 1.00 bits per heavy atom. The molecule has 0 aliphatic carbocycles. The molecule has 102 valence electrons. The monoisotopic (exact) mass is 266 g/mol. The van der Waals surface area contributed by atoms with Gasteiger partial charge in [-0.15, -0.1) is 0 Å². The van der Waals surface area contributed by atoms with Crippen LogP contribution >= 0.6 is 0 Å². The van der Waals surface area contributed by atoms with Gasteiger partial charge in [0.05, 0.1) is 6.42 Å². The number of aryl methyl sites for hydroxylation is 2. The van der Waals surface area contributed by atoms with Crippen molar-refractivity contribution in [3.63, 3.8) is 0 Å². The van der Waals surface area contributed by atoms with E-state index in [0.29, 0.717) is 0 Å². The van der Waals surface area contributed by atoms with Gasteiger partial charge in [0.1, 0.15) is 0 Å². The van der Waals surface area contributed by atoms with Gasteiger partial charge in [-0.1, -0.05) is 54.6 Å². The van der Waals surface area contributed by atoms with Crippen molar-refractivity contribution in [2.24, 2.45) is 0 Å². The first-order chi connectivity index (χ1) is 9.56. The van der Waals surface area contributed by atoms with Gasteiger partial charge >= 0.3 is 5.97 Å². The lowest BCUT2D eigenvalue weighted by molar-refractivity contribution is -0.135. The summed E-state index contributed by atoms with van der Waals surface area (Å²) in [6.45, 7) is 4.22. The first kappa shape index (κ1) is 14.1. The summed E-state index contributed by atoms with van der Waals surface area (Å²) in [5, 5.41) is 8.58. The largest absolute Gasteiger partial charge is 0.481 e. The summed E-state index contributed by atoms with van der Waals surface area (Å²) in [4.78, 5) is 10.4. The highest BCUT2D eigenvalue weighted by Gasteiger charge is 1.99. The zero-order chi connectivity index (χ0) is 14.5. The van der Waals surface area contributed by atoms with Crippen LogP contribution in [0.15, 0.2) is 48.5 Å². The predicted octanol–water partition coefficient (Wildman–Crippen LogP) is 4.46. The van der Waals surface area contributed by atoms with Crippen molar-refractivity contribution in [3.05, 3.63) is 65.2 Å². The zero-order valence-electron chi connectivity index (χ0n) is 11.8. The Labute approximate surface area is 119 Å². The second-order valence-electron chi connectivity index (χ2n) is 4.92. The van der Waals surface area contributed by atoms with Crippen LogP contribution < -0.4 is 0 Å². The number of benzene rings is 2. The molecule has 0 aliphatic heterocycles. The molecule has 0 aromatic heterocycles. The SMILES string of the molecule is Cc1ccc(-c2ccc(/C=C/CC(=O)O)cc2)cc1C. The average Bonchev–Trinajstić information content (AvgIpc) is 2.42. The molecule has 1 N–H and O–H groups in total. The summed E-state index contributed by atoms with van der Waals surface area (Å²) in [5.41, 5.74) is 5.96. The summed E-state index contributed by atoms with van der Waals surface area (Å²) >= 11 is 0. The molecule has 0 atom stereocenters.